The minimum atomic E-state index is -0.0182. The lowest BCUT2D eigenvalue weighted by molar-refractivity contribution is -0.885. The van der Waals surface area contributed by atoms with Crippen LogP contribution in [-0.2, 0) is 11.3 Å². The summed E-state index contributed by atoms with van der Waals surface area (Å²) in [5.41, 5.74) is 2.22. The summed E-state index contributed by atoms with van der Waals surface area (Å²) in [5.74, 6) is 2.11. The van der Waals surface area contributed by atoms with E-state index in [1.54, 1.807) is 38.5 Å². The number of methoxy groups -OCH3 is 2. The number of nitrogens with one attached hydrogen (secondary N) is 2. The van der Waals surface area contributed by atoms with Crippen molar-refractivity contribution in [1.82, 2.24) is 5.32 Å². The van der Waals surface area contributed by atoms with Gasteiger partial charge in [-0.1, -0.05) is 11.6 Å². The summed E-state index contributed by atoms with van der Waals surface area (Å²) in [7, 11) is 5.22. The molecule has 0 aromatic heterocycles. The van der Waals surface area contributed by atoms with E-state index in [-0.39, 0.29) is 5.91 Å². The lowest BCUT2D eigenvalue weighted by Crippen LogP contribution is -3.09. The molecule has 0 saturated heterocycles. The minimum absolute atomic E-state index is 0.0182. The van der Waals surface area contributed by atoms with Gasteiger partial charge in [-0.2, -0.15) is 0 Å². The molecule has 0 aliphatic rings. The summed E-state index contributed by atoms with van der Waals surface area (Å²) < 4.78 is 16.3. The Labute approximate surface area is 171 Å². The summed E-state index contributed by atoms with van der Waals surface area (Å²) in [5, 5.41) is 3.54. The van der Waals surface area contributed by atoms with Gasteiger partial charge >= 0.3 is 0 Å². The molecule has 0 bridgehead atoms. The zero-order valence-electron chi connectivity index (χ0n) is 16.8. The average molecular weight is 408 g/mol. The molecular formula is C21H28ClN2O4+. The van der Waals surface area contributed by atoms with Gasteiger partial charge in [0.25, 0.3) is 5.91 Å². The standard InChI is InChI=1S/C21H27ClN2O4/c1-15-11-19(26-3)20(27-4)12-16(15)13-24(2)14-21(25)23-9-10-28-18-7-5-17(22)6-8-18/h5-8,11-12H,9-10,13-14H2,1-4H3,(H,23,25)/p+1. The largest absolute Gasteiger partial charge is 0.493 e. The number of hydrogen-bond acceptors (Lipinski definition) is 4. The van der Waals surface area contributed by atoms with Crippen molar-refractivity contribution in [3.8, 4) is 17.2 Å². The molecular weight excluding hydrogens is 380 g/mol. The van der Waals surface area contributed by atoms with Crippen LogP contribution in [0.15, 0.2) is 36.4 Å². The summed E-state index contributed by atoms with van der Waals surface area (Å²) >= 11 is 5.83. The van der Waals surface area contributed by atoms with Crippen molar-refractivity contribution < 1.29 is 23.9 Å². The second-order valence-corrected chi connectivity index (χ2v) is 7.03. The Kier molecular flexibility index (Phi) is 8.42. The van der Waals surface area contributed by atoms with Gasteiger partial charge in [0, 0.05) is 10.6 Å². The Balaban J connectivity index is 1.77. The molecule has 0 aliphatic heterocycles. The molecule has 28 heavy (non-hydrogen) atoms. The van der Waals surface area contributed by atoms with Crippen molar-refractivity contribution in [2.24, 2.45) is 0 Å². The minimum Gasteiger partial charge on any atom is -0.493 e. The number of ether oxygens (including phenoxy) is 3. The number of hydrogen-bond donors (Lipinski definition) is 2. The highest BCUT2D eigenvalue weighted by atomic mass is 35.5. The monoisotopic (exact) mass is 407 g/mol. The number of rotatable bonds is 10. The zero-order valence-corrected chi connectivity index (χ0v) is 17.6. The highest BCUT2D eigenvalue weighted by molar-refractivity contribution is 6.30. The van der Waals surface area contributed by atoms with Crippen LogP contribution in [0.3, 0.4) is 0 Å². The Morgan fingerprint density at radius 1 is 1.11 bits per heavy atom. The lowest BCUT2D eigenvalue weighted by Gasteiger charge is -2.17. The SMILES string of the molecule is COc1cc(C)c(C[NH+](C)CC(=O)NCCOc2ccc(Cl)cc2)cc1OC. The fraction of sp³-hybridized carbons (Fsp3) is 0.381. The Hall–Kier alpha value is -2.44. The van der Waals surface area contributed by atoms with E-state index < -0.39 is 0 Å². The first-order valence-electron chi connectivity index (χ1n) is 9.10. The Morgan fingerprint density at radius 2 is 1.75 bits per heavy atom. The highest BCUT2D eigenvalue weighted by Gasteiger charge is 2.14. The van der Waals surface area contributed by atoms with Crippen LogP contribution < -0.4 is 24.4 Å². The van der Waals surface area contributed by atoms with Crippen molar-refractivity contribution in [1.29, 1.82) is 0 Å². The van der Waals surface area contributed by atoms with Gasteiger partial charge in [0.2, 0.25) is 0 Å². The van der Waals surface area contributed by atoms with E-state index in [4.69, 9.17) is 25.8 Å². The summed E-state index contributed by atoms with van der Waals surface area (Å²) in [6, 6.07) is 11.1. The lowest BCUT2D eigenvalue weighted by atomic mass is 10.1. The van der Waals surface area contributed by atoms with Crippen LogP contribution in [0, 0.1) is 6.92 Å². The molecule has 1 unspecified atom stereocenters. The second-order valence-electron chi connectivity index (χ2n) is 6.60. The van der Waals surface area contributed by atoms with Crippen LogP contribution in [0.25, 0.3) is 0 Å². The van der Waals surface area contributed by atoms with Gasteiger partial charge in [0.05, 0.1) is 27.8 Å². The molecule has 6 nitrogen and oxygen atoms in total. The predicted octanol–water partition coefficient (Wildman–Crippen LogP) is 1.88. The Morgan fingerprint density at radius 3 is 2.39 bits per heavy atom. The fourth-order valence-corrected chi connectivity index (χ4v) is 2.95. The number of halogens is 1. The normalized spacial score (nSPS) is 11.6. The van der Waals surface area contributed by atoms with Gasteiger partial charge in [0.1, 0.15) is 18.9 Å². The van der Waals surface area contributed by atoms with Gasteiger partial charge in [-0.25, -0.2) is 0 Å². The third-order valence-corrected chi connectivity index (χ3v) is 4.56. The van der Waals surface area contributed by atoms with Crippen LogP contribution in [0.5, 0.6) is 17.2 Å². The van der Waals surface area contributed by atoms with Crippen molar-refractivity contribution in [3.63, 3.8) is 0 Å². The van der Waals surface area contributed by atoms with Crippen molar-refractivity contribution in [2.75, 3.05) is 41.0 Å². The molecule has 2 aromatic carbocycles. The van der Waals surface area contributed by atoms with Gasteiger partial charge in [-0.15, -0.1) is 0 Å². The van der Waals surface area contributed by atoms with Crippen molar-refractivity contribution in [2.45, 2.75) is 13.5 Å². The number of quaternary nitrogens is 1. The molecule has 152 valence electrons. The number of benzene rings is 2. The third kappa shape index (κ3) is 6.62. The highest BCUT2D eigenvalue weighted by Crippen LogP contribution is 2.29. The number of amides is 1. The van der Waals surface area contributed by atoms with Gasteiger partial charge in [-0.05, 0) is 48.9 Å². The molecule has 0 radical (unpaired) electrons. The number of carbonyl (C=O) groups is 1. The first kappa shape index (κ1) is 21.9. The molecule has 0 saturated carbocycles. The van der Waals surface area contributed by atoms with Crippen molar-refractivity contribution >= 4 is 17.5 Å². The summed E-state index contributed by atoms with van der Waals surface area (Å²) in [6.07, 6.45) is 0. The average Bonchev–Trinajstić information content (AvgIpc) is 2.67. The van der Waals surface area contributed by atoms with E-state index in [9.17, 15) is 4.79 Å². The Bertz CT molecular complexity index is 781. The van der Waals surface area contributed by atoms with E-state index in [1.807, 2.05) is 26.1 Å². The topological polar surface area (TPSA) is 61.2 Å². The van der Waals surface area contributed by atoms with E-state index in [1.165, 1.54) is 0 Å². The number of carbonyl (C=O) groups excluding carboxylic acids is 1. The smallest absolute Gasteiger partial charge is 0.275 e. The van der Waals surface area contributed by atoms with Crippen LogP contribution in [0.2, 0.25) is 5.02 Å². The molecule has 1 amide bonds. The third-order valence-electron chi connectivity index (χ3n) is 4.30. The molecule has 2 rings (SSSR count). The molecule has 1 atom stereocenters. The molecule has 2 N–H and O–H groups in total. The van der Waals surface area contributed by atoms with E-state index >= 15 is 0 Å². The molecule has 0 aliphatic carbocycles. The van der Waals surface area contributed by atoms with Crippen LogP contribution in [-0.4, -0.2) is 46.9 Å². The van der Waals surface area contributed by atoms with E-state index in [0.29, 0.717) is 42.8 Å². The van der Waals surface area contributed by atoms with Crippen LogP contribution >= 0.6 is 11.6 Å². The van der Waals surface area contributed by atoms with Crippen molar-refractivity contribution in [3.05, 3.63) is 52.5 Å². The number of aryl methyl sites for hydroxylation is 1. The van der Waals surface area contributed by atoms with Crippen LogP contribution in [0.4, 0.5) is 0 Å². The molecule has 2 aromatic rings. The van der Waals surface area contributed by atoms with E-state index in [0.717, 1.165) is 21.8 Å². The molecule has 0 fully saturated rings. The van der Waals surface area contributed by atoms with Gasteiger partial charge in [-0.3, -0.25) is 4.79 Å². The van der Waals surface area contributed by atoms with E-state index in [2.05, 4.69) is 5.32 Å². The molecule has 0 heterocycles. The van der Waals surface area contributed by atoms with Gasteiger partial charge < -0.3 is 24.4 Å². The van der Waals surface area contributed by atoms with Crippen LogP contribution in [0.1, 0.15) is 11.1 Å². The first-order valence-corrected chi connectivity index (χ1v) is 9.48. The molecule has 7 heteroatoms. The van der Waals surface area contributed by atoms with Gasteiger partial charge in [0.15, 0.2) is 18.0 Å². The maximum absolute atomic E-state index is 12.2. The number of likely N-dealkylation sites (N-methyl/N-ethyl adjacent to an activating group) is 1. The second kappa shape index (κ2) is 10.8. The summed E-state index contributed by atoms with van der Waals surface area (Å²) in [4.78, 5) is 13.2. The fourth-order valence-electron chi connectivity index (χ4n) is 2.83. The first-order chi connectivity index (χ1) is 13.4. The summed E-state index contributed by atoms with van der Waals surface area (Å²) in [6.45, 7) is 3.96. The quantitative estimate of drug-likeness (QED) is 0.590. The maximum atomic E-state index is 12.2. The predicted molar refractivity (Wildman–Crippen MR) is 110 cm³/mol. The molecule has 0 spiro atoms. The zero-order chi connectivity index (χ0) is 20.5. The maximum Gasteiger partial charge on any atom is 0.275 e.